The maximum atomic E-state index is 13.4. The first kappa shape index (κ1) is 16.8. The molecule has 2 aromatic rings. The average molecular weight is 317 g/mol. The van der Waals surface area contributed by atoms with Crippen molar-refractivity contribution in [2.75, 3.05) is 20.3 Å². The number of hydrogen-bond donors (Lipinski definition) is 1. The number of carbonyl (C=O) groups excluding carboxylic acids is 1. The van der Waals surface area contributed by atoms with Gasteiger partial charge in [-0.25, -0.2) is 4.39 Å². The molecule has 1 N–H and O–H groups in total. The van der Waals surface area contributed by atoms with Crippen molar-refractivity contribution in [2.45, 2.75) is 13.3 Å². The highest BCUT2D eigenvalue weighted by atomic mass is 19.1. The van der Waals surface area contributed by atoms with E-state index in [2.05, 4.69) is 5.32 Å². The SMILES string of the molecule is COc1cc(C)ccc1OCC(=O)NCCc1ccccc1F. The molecule has 0 saturated carbocycles. The number of hydrogen-bond acceptors (Lipinski definition) is 3. The van der Waals surface area contributed by atoms with Gasteiger partial charge in [0.05, 0.1) is 7.11 Å². The van der Waals surface area contributed by atoms with Gasteiger partial charge >= 0.3 is 0 Å². The monoisotopic (exact) mass is 317 g/mol. The molecule has 0 heterocycles. The first-order valence-electron chi connectivity index (χ1n) is 7.37. The van der Waals surface area contributed by atoms with Gasteiger partial charge in [0, 0.05) is 6.54 Å². The lowest BCUT2D eigenvalue weighted by atomic mass is 10.1. The van der Waals surface area contributed by atoms with Crippen LogP contribution in [0.25, 0.3) is 0 Å². The lowest BCUT2D eigenvalue weighted by Gasteiger charge is -2.11. The van der Waals surface area contributed by atoms with Crippen LogP contribution >= 0.6 is 0 Å². The van der Waals surface area contributed by atoms with Gasteiger partial charge in [-0.05, 0) is 42.7 Å². The van der Waals surface area contributed by atoms with Crippen LogP contribution in [0.1, 0.15) is 11.1 Å². The molecule has 2 aromatic carbocycles. The van der Waals surface area contributed by atoms with E-state index in [0.29, 0.717) is 30.0 Å². The van der Waals surface area contributed by atoms with Crippen molar-refractivity contribution in [3.05, 3.63) is 59.4 Å². The maximum absolute atomic E-state index is 13.4. The molecule has 0 fully saturated rings. The van der Waals surface area contributed by atoms with Crippen LogP contribution in [0.4, 0.5) is 4.39 Å². The molecule has 0 spiro atoms. The molecule has 0 unspecified atom stereocenters. The van der Waals surface area contributed by atoms with E-state index in [-0.39, 0.29) is 18.3 Å². The highest BCUT2D eigenvalue weighted by Gasteiger charge is 2.08. The molecule has 122 valence electrons. The number of carbonyl (C=O) groups is 1. The van der Waals surface area contributed by atoms with Crippen molar-refractivity contribution in [1.29, 1.82) is 0 Å². The fourth-order valence-electron chi connectivity index (χ4n) is 2.13. The number of aryl methyl sites for hydroxylation is 1. The maximum Gasteiger partial charge on any atom is 0.257 e. The molecular formula is C18H20FNO3. The summed E-state index contributed by atoms with van der Waals surface area (Å²) in [4.78, 5) is 11.8. The summed E-state index contributed by atoms with van der Waals surface area (Å²) in [5, 5.41) is 2.71. The lowest BCUT2D eigenvalue weighted by Crippen LogP contribution is -2.30. The van der Waals surface area contributed by atoms with E-state index in [9.17, 15) is 9.18 Å². The molecule has 0 atom stereocenters. The van der Waals surface area contributed by atoms with Gasteiger partial charge in [-0.2, -0.15) is 0 Å². The van der Waals surface area contributed by atoms with E-state index in [1.54, 1.807) is 31.4 Å². The van der Waals surface area contributed by atoms with Crippen molar-refractivity contribution >= 4 is 5.91 Å². The third kappa shape index (κ3) is 4.98. The van der Waals surface area contributed by atoms with E-state index in [4.69, 9.17) is 9.47 Å². The Morgan fingerprint density at radius 1 is 1.17 bits per heavy atom. The van der Waals surface area contributed by atoms with E-state index >= 15 is 0 Å². The Bertz CT molecular complexity index is 673. The molecule has 5 heteroatoms. The topological polar surface area (TPSA) is 47.6 Å². The van der Waals surface area contributed by atoms with E-state index in [1.807, 2.05) is 19.1 Å². The number of nitrogens with one attached hydrogen (secondary N) is 1. The molecule has 2 rings (SSSR count). The van der Waals surface area contributed by atoms with Crippen LogP contribution in [0.5, 0.6) is 11.5 Å². The van der Waals surface area contributed by atoms with Crippen LogP contribution in [-0.2, 0) is 11.2 Å². The molecule has 0 aliphatic carbocycles. The van der Waals surface area contributed by atoms with Crippen molar-refractivity contribution in [3.8, 4) is 11.5 Å². The van der Waals surface area contributed by atoms with Crippen LogP contribution in [0.2, 0.25) is 0 Å². The zero-order chi connectivity index (χ0) is 16.7. The van der Waals surface area contributed by atoms with Gasteiger partial charge in [0.15, 0.2) is 18.1 Å². The minimum absolute atomic E-state index is 0.114. The Morgan fingerprint density at radius 2 is 1.96 bits per heavy atom. The summed E-state index contributed by atoms with van der Waals surface area (Å²) in [5.41, 5.74) is 1.62. The summed E-state index contributed by atoms with van der Waals surface area (Å²) in [6.45, 7) is 2.19. The third-order valence-corrected chi connectivity index (χ3v) is 3.35. The van der Waals surface area contributed by atoms with Gasteiger partial charge < -0.3 is 14.8 Å². The summed E-state index contributed by atoms with van der Waals surface area (Å²) in [7, 11) is 1.55. The predicted octanol–water partition coefficient (Wildman–Crippen LogP) is 2.88. The Morgan fingerprint density at radius 3 is 2.70 bits per heavy atom. The quantitative estimate of drug-likeness (QED) is 0.854. The number of ether oxygens (including phenoxy) is 2. The number of methoxy groups -OCH3 is 1. The molecule has 0 aliphatic rings. The highest BCUT2D eigenvalue weighted by molar-refractivity contribution is 5.77. The molecule has 0 aliphatic heterocycles. The van der Waals surface area contributed by atoms with Crippen LogP contribution in [-0.4, -0.2) is 26.2 Å². The van der Waals surface area contributed by atoms with Crippen molar-refractivity contribution in [1.82, 2.24) is 5.32 Å². The number of benzene rings is 2. The van der Waals surface area contributed by atoms with Gasteiger partial charge in [0.2, 0.25) is 0 Å². The van der Waals surface area contributed by atoms with Crippen molar-refractivity contribution < 1.29 is 18.7 Å². The molecule has 23 heavy (non-hydrogen) atoms. The van der Waals surface area contributed by atoms with Gasteiger partial charge in [0.25, 0.3) is 5.91 Å². The zero-order valence-corrected chi connectivity index (χ0v) is 13.3. The second-order valence-electron chi connectivity index (χ2n) is 5.13. The molecule has 0 saturated heterocycles. The minimum Gasteiger partial charge on any atom is -0.493 e. The summed E-state index contributed by atoms with van der Waals surface area (Å²) < 4.78 is 24.1. The van der Waals surface area contributed by atoms with Gasteiger partial charge in [-0.3, -0.25) is 4.79 Å². The van der Waals surface area contributed by atoms with Crippen LogP contribution in [0.15, 0.2) is 42.5 Å². The summed E-state index contributed by atoms with van der Waals surface area (Å²) in [6.07, 6.45) is 0.437. The smallest absolute Gasteiger partial charge is 0.257 e. The zero-order valence-electron chi connectivity index (χ0n) is 13.3. The first-order valence-corrected chi connectivity index (χ1v) is 7.37. The average Bonchev–Trinajstić information content (AvgIpc) is 2.55. The Balaban J connectivity index is 1.78. The molecule has 0 bridgehead atoms. The molecule has 0 radical (unpaired) electrons. The summed E-state index contributed by atoms with van der Waals surface area (Å²) >= 11 is 0. The second kappa shape index (κ2) is 8.17. The first-order chi connectivity index (χ1) is 11.1. The highest BCUT2D eigenvalue weighted by Crippen LogP contribution is 2.27. The van der Waals surface area contributed by atoms with Gasteiger partial charge in [0.1, 0.15) is 5.82 Å². The standard InChI is InChI=1S/C18H20FNO3/c1-13-7-8-16(17(11-13)22-2)23-12-18(21)20-10-9-14-5-3-4-6-15(14)19/h3-8,11H,9-10,12H2,1-2H3,(H,20,21). The Hall–Kier alpha value is -2.56. The van der Waals surface area contributed by atoms with E-state index < -0.39 is 0 Å². The van der Waals surface area contributed by atoms with Crippen molar-refractivity contribution in [3.63, 3.8) is 0 Å². The van der Waals surface area contributed by atoms with Crippen LogP contribution in [0, 0.1) is 12.7 Å². The molecule has 1 amide bonds. The Labute approximate surface area is 135 Å². The fourth-order valence-corrected chi connectivity index (χ4v) is 2.13. The Kier molecular flexibility index (Phi) is 5.97. The van der Waals surface area contributed by atoms with Crippen LogP contribution in [0.3, 0.4) is 0 Å². The molecular weight excluding hydrogens is 297 g/mol. The number of amides is 1. The lowest BCUT2D eigenvalue weighted by molar-refractivity contribution is -0.123. The predicted molar refractivity (Wildman–Crippen MR) is 86.3 cm³/mol. The van der Waals surface area contributed by atoms with E-state index in [0.717, 1.165) is 5.56 Å². The second-order valence-corrected chi connectivity index (χ2v) is 5.13. The van der Waals surface area contributed by atoms with Crippen LogP contribution < -0.4 is 14.8 Å². The number of rotatable bonds is 7. The van der Waals surface area contributed by atoms with Gasteiger partial charge in [-0.1, -0.05) is 24.3 Å². The summed E-state index contributed by atoms with van der Waals surface area (Å²) in [5.74, 6) is 0.581. The normalized spacial score (nSPS) is 10.2. The summed E-state index contributed by atoms with van der Waals surface area (Å²) in [6, 6.07) is 12.0. The minimum atomic E-state index is -0.262. The largest absolute Gasteiger partial charge is 0.493 e. The molecule has 4 nitrogen and oxygen atoms in total. The molecule has 0 aromatic heterocycles. The fraction of sp³-hybridized carbons (Fsp3) is 0.278. The van der Waals surface area contributed by atoms with E-state index in [1.165, 1.54) is 6.07 Å². The third-order valence-electron chi connectivity index (χ3n) is 3.35. The van der Waals surface area contributed by atoms with Crippen molar-refractivity contribution in [2.24, 2.45) is 0 Å². The van der Waals surface area contributed by atoms with Gasteiger partial charge in [-0.15, -0.1) is 0 Å². The number of halogens is 1.